The second-order valence-electron chi connectivity index (χ2n) is 4.79. The van der Waals surface area contributed by atoms with Gasteiger partial charge in [-0.25, -0.2) is 4.98 Å². The highest BCUT2D eigenvalue weighted by molar-refractivity contribution is 9.10. The number of carbonyl (C=O) groups is 2. The molecule has 2 heterocycles. The number of hydrogen-bond donors (Lipinski definition) is 2. The first kappa shape index (κ1) is 15.5. The number of nitrogens with one attached hydrogen (secondary N) is 1. The SMILES string of the molecule is CCCc1nc2c(Br)cc(C)cn2c1C(=O)NCC(=O)O. The van der Waals surface area contributed by atoms with Crippen LogP contribution >= 0.6 is 15.9 Å². The first-order valence-corrected chi connectivity index (χ1v) is 7.40. The van der Waals surface area contributed by atoms with Crippen LogP contribution in [0.2, 0.25) is 0 Å². The van der Waals surface area contributed by atoms with Crippen molar-refractivity contribution in [1.29, 1.82) is 0 Å². The lowest BCUT2D eigenvalue weighted by Crippen LogP contribution is -2.30. The van der Waals surface area contributed by atoms with Crippen molar-refractivity contribution in [2.75, 3.05) is 6.54 Å². The number of fused-ring (bicyclic) bond motifs is 1. The van der Waals surface area contributed by atoms with Crippen LogP contribution in [0.25, 0.3) is 5.65 Å². The molecule has 0 saturated heterocycles. The zero-order chi connectivity index (χ0) is 15.6. The predicted octanol–water partition coefficient (Wildman–Crippen LogP) is 2.17. The molecule has 0 bridgehead atoms. The quantitative estimate of drug-likeness (QED) is 0.862. The number of nitrogens with zero attached hydrogens (tertiary/aromatic N) is 2. The summed E-state index contributed by atoms with van der Waals surface area (Å²) in [5, 5.41) is 11.1. The van der Waals surface area contributed by atoms with Crippen molar-refractivity contribution >= 4 is 33.5 Å². The van der Waals surface area contributed by atoms with Crippen LogP contribution in [0.3, 0.4) is 0 Å². The molecule has 0 atom stereocenters. The van der Waals surface area contributed by atoms with Gasteiger partial charge in [-0.3, -0.25) is 14.0 Å². The number of carboxylic acid groups (broad SMARTS) is 1. The van der Waals surface area contributed by atoms with Crippen molar-refractivity contribution in [1.82, 2.24) is 14.7 Å². The minimum Gasteiger partial charge on any atom is -0.480 e. The minimum absolute atomic E-state index is 0.400. The van der Waals surface area contributed by atoms with E-state index in [0.717, 1.165) is 16.5 Å². The molecule has 0 aliphatic rings. The number of rotatable bonds is 5. The largest absolute Gasteiger partial charge is 0.480 e. The molecule has 2 aromatic heterocycles. The number of halogens is 1. The monoisotopic (exact) mass is 353 g/mol. The van der Waals surface area contributed by atoms with E-state index in [4.69, 9.17) is 5.11 Å². The molecule has 0 radical (unpaired) electrons. The fourth-order valence-electron chi connectivity index (χ4n) is 2.17. The van der Waals surface area contributed by atoms with Crippen molar-refractivity contribution in [3.63, 3.8) is 0 Å². The summed E-state index contributed by atoms with van der Waals surface area (Å²) in [6.07, 6.45) is 3.32. The van der Waals surface area contributed by atoms with Crippen molar-refractivity contribution < 1.29 is 14.7 Å². The molecule has 1 amide bonds. The molecular formula is C14H16BrN3O3. The smallest absolute Gasteiger partial charge is 0.322 e. The average Bonchev–Trinajstić information content (AvgIpc) is 2.75. The summed E-state index contributed by atoms with van der Waals surface area (Å²) in [6, 6.07) is 1.93. The highest BCUT2D eigenvalue weighted by atomic mass is 79.9. The molecule has 0 aliphatic heterocycles. The lowest BCUT2D eigenvalue weighted by atomic mass is 10.2. The third kappa shape index (κ3) is 3.24. The molecule has 2 N–H and O–H groups in total. The van der Waals surface area contributed by atoms with Gasteiger partial charge in [0, 0.05) is 6.20 Å². The maximum Gasteiger partial charge on any atom is 0.322 e. The normalized spacial score (nSPS) is 10.8. The Morgan fingerprint density at radius 3 is 2.81 bits per heavy atom. The highest BCUT2D eigenvalue weighted by Crippen LogP contribution is 2.23. The Bertz CT molecular complexity index is 709. The van der Waals surface area contributed by atoms with Gasteiger partial charge >= 0.3 is 5.97 Å². The summed E-state index contributed by atoms with van der Waals surface area (Å²) in [5.41, 5.74) is 2.70. The van der Waals surface area contributed by atoms with Gasteiger partial charge in [0.1, 0.15) is 12.2 Å². The molecule has 0 aromatic carbocycles. The first-order chi connectivity index (χ1) is 9.93. The van der Waals surface area contributed by atoms with E-state index in [1.165, 1.54) is 0 Å². The van der Waals surface area contributed by atoms with Gasteiger partial charge in [0.05, 0.1) is 10.2 Å². The van der Waals surface area contributed by atoms with Crippen LogP contribution in [0, 0.1) is 6.92 Å². The van der Waals surface area contributed by atoms with E-state index in [1.54, 1.807) is 4.40 Å². The molecule has 21 heavy (non-hydrogen) atoms. The van der Waals surface area contributed by atoms with Crippen molar-refractivity contribution in [2.24, 2.45) is 0 Å². The number of aryl methyl sites for hydroxylation is 2. The van der Waals surface area contributed by atoms with Crippen LogP contribution in [0.5, 0.6) is 0 Å². The summed E-state index contributed by atoms with van der Waals surface area (Å²) in [5.74, 6) is -1.50. The molecule has 0 spiro atoms. The molecule has 0 fully saturated rings. The van der Waals surface area contributed by atoms with Crippen molar-refractivity contribution in [3.05, 3.63) is 33.7 Å². The number of hydrogen-bond acceptors (Lipinski definition) is 3. The second kappa shape index (κ2) is 6.26. The van der Waals surface area contributed by atoms with Gasteiger partial charge in [0.25, 0.3) is 5.91 Å². The summed E-state index contributed by atoms with van der Waals surface area (Å²) in [6.45, 7) is 3.51. The number of pyridine rings is 1. The fourth-order valence-corrected chi connectivity index (χ4v) is 2.81. The standard InChI is InChI=1S/C14H16BrN3O3/c1-3-4-10-12(14(21)16-6-11(19)20)18-7-8(2)5-9(15)13(18)17-10/h5,7H,3-4,6H2,1-2H3,(H,16,21)(H,19,20). The maximum atomic E-state index is 12.3. The van der Waals surface area contributed by atoms with Crippen molar-refractivity contribution in [3.8, 4) is 0 Å². The summed E-state index contributed by atoms with van der Waals surface area (Å²) >= 11 is 3.45. The predicted molar refractivity (Wildman–Crippen MR) is 81.6 cm³/mol. The lowest BCUT2D eigenvalue weighted by Gasteiger charge is -2.06. The van der Waals surface area contributed by atoms with E-state index >= 15 is 0 Å². The number of aromatic nitrogens is 2. The van der Waals surface area contributed by atoms with Gasteiger partial charge in [-0.05, 0) is 40.9 Å². The molecule has 7 heteroatoms. The van der Waals surface area contributed by atoms with Crippen LogP contribution in [-0.4, -0.2) is 32.9 Å². The number of amides is 1. The molecule has 2 aromatic rings. The topological polar surface area (TPSA) is 83.7 Å². The highest BCUT2D eigenvalue weighted by Gasteiger charge is 2.20. The third-order valence-corrected chi connectivity index (χ3v) is 3.57. The third-order valence-electron chi connectivity index (χ3n) is 2.99. The Morgan fingerprint density at radius 1 is 1.48 bits per heavy atom. The molecular weight excluding hydrogens is 338 g/mol. The van der Waals surface area contributed by atoms with E-state index in [2.05, 4.69) is 26.2 Å². The van der Waals surface area contributed by atoms with Crippen LogP contribution in [0.15, 0.2) is 16.7 Å². The summed E-state index contributed by atoms with van der Waals surface area (Å²) < 4.78 is 2.51. The Labute approximate surface area is 130 Å². The van der Waals surface area contributed by atoms with E-state index in [-0.39, 0.29) is 0 Å². The molecule has 112 valence electrons. The molecule has 6 nitrogen and oxygen atoms in total. The Morgan fingerprint density at radius 2 is 2.19 bits per heavy atom. The van der Waals surface area contributed by atoms with E-state index in [1.807, 2.05) is 26.1 Å². The number of aliphatic carboxylic acids is 1. The van der Waals surface area contributed by atoms with Crippen molar-refractivity contribution in [2.45, 2.75) is 26.7 Å². The number of carboxylic acids is 1. The maximum absolute atomic E-state index is 12.3. The molecule has 0 saturated carbocycles. The van der Waals surface area contributed by atoms with E-state index in [0.29, 0.717) is 23.5 Å². The molecule has 2 rings (SSSR count). The van der Waals surface area contributed by atoms with Gasteiger partial charge in [0.15, 0.2) is 5.65 Å². The van der Waals surface area contributed by atoms with Crippen LogP contribution in [0.1, 0.15) is 35.1 Å². The number of imidazole rings is 1. The van der Waals surface area contributed by atoms with Crippen LogP contribution in [-0.2, 0) is 11.2 Å². The summed E-state index contributed by atoms with van der Waals surface area (Å²) in [7, 11) is 0. The van der Waals surface area contributed by atoms with Gasteiger partial charge in [0.2, 0.25) is 0 Å². The van der Waals surface area contributed by atoms with Gasteiger partial charge in [-0.1, -0.05) is 13.3 Å². The average molecular weight is 354 g/mol. The van der Waals surface area contributed by atoms with E-state index in [9.17, 15) is 9.59 Å². The lowest BCUT2D eigenvalue weighted by molar-refractivity contribution is -0.135. The van der Waals surface area contributed by atoms with Gasteiger partial charge in [-0.2, -0.15) is 0 Å². The van der Waals surface area contributed by atoms with Gasteiger partial charge in [-0.15, -0.1) is 0 Å². The van der Waals surface area contributed by atoms with Crippen LogP contribution in [0.4, 0.5) is 0 Å². The fraction of sp³-hybridized carbons (Fsp3) is 0.357. The zero-order valence-electron chi connectivity index (χ0n) is 11.8. The zero-order valence-corrected chi connectivity index (χ0v) is 13.4. The van der Waals surface area contributed by atoms with E-state index < -0.39 is 18.4 Å². The van der Waals surface area contributed by atoms with Crippen LogP contribution < -0.4 is 5.32 Å². The van der Waals surface area contributed by atoms with Gasteiger partial charge < -0.3 is 10.4 Å². The summed E-state index contributed by atoms with van der Waals surface area (Å²) in [4.78, 5) is 27.4. The Balaban J connectivity index is 2.55. The second-order valence-corrected chi connectivity index (χ2v) is 5.65. The minimum atomic E-state index is -1.08. The first-order valence-electron chi connectivity index (χ1n) is 6.61. The Hall–Kier alpha value is -1.89. The molecule has 0 unspecified atom stereocenters. The molecule has 0 aliphatic carbocycles. The Kier molecular flexibility index (Phi) is 4.62. The number of carbonyl (C=O) groups excluding carboxylic acids is 1.